The number of hydrogen-bond donors (Lipinski definition) is 0. The summed E-state index contributed by atoms with van der Waals surface area (Å²) in [5.74, 6) is 0.566. The highest BCUT2D eigenvalue weighted by molar-refractivity contribution is 5.76. The lowest BCUT2D eigenvalue weighted by molar-refractivity contribution is -0.660. The molecule has 3 unspecified atom stereocenters. The molecule has 2 saturated carbocycles. The van der Waals surface area contributed by atoms with Crippen molar-refractivity contribution in [1.82, 2.24) is 0 Å². The van der Waals surface area contributed by atoms with Gasteiger partial charge in [0.05, 0.1) is 0 Å². The highest BCUT2D eigenvalue weighted by Crippen LogP contribution is 2.66. The largest absolute Gasteiger partial charge is 0.457 e. The highest BCUT2D eigenvalue weighted by Gasteiger charge is 2.62. The minimum atomic E-state index is -0.120. The van der Waals surface area contributed by atoms with Crippen molar-refractivity contribution in [2.75, 3.05) is 0 Å². The predicted octanol–water partition coefficient (Wildman–Crippen LogP) is 3.89. The molecule has 2 bridgehead atoms. The lowest BCUT2D eigenvalue weighted by Crippen LogP contribution is -2.43. The number of fused-ring (bicyclic) bond motifs is 3. The molecule has 1 aromatic carbocycles. The Morgan fingerprint density at radius 3 is 2.67 bits per heavy atom. The van der Waals surface area contributed by atoms with Crippen LogP contribution in [0.2, 0.25) is 0 Å². The third kappa shape index (κ3) is 2.17. The summed E-state index contributed by atoms with van der Waals surface area (Å²) in [7, 11) is 0. The Labute approximate surface area is 143 Å². The van der Waals surface area contributed by atoms with E-state index in [0.717, 1.165) is 17.3 Å². The molecule has 2 aliphatic carbocycles. The molecule has 0 amide bonds. The van der Waals surface area contributed by atoms with Gasteiger partial charge in [-0.1, -0.05) is 32.9 Å². The Morgan fingerprint density at radius 1 is 1.21 bits per heavy atom. The number of hydrogen-bond acceptors (Lipinski definition) is 2. The molecule has 0 radical (unpaired) electrons. The number of rotatable bonds is 3. The van der Waals surface area contributed by atoms with Crippen LogP contribution in [-0.2, 0) is 16.1 Å². The first-order chi connectivity index (χ1) is 11.4. The number of ether oxygens (including phenoxy) is 1. The number of carbonyl (C=O) groups is 1. The van der Waals surface area contributed by atoms with E-state index >= 15 is 0 Å². The molecule has 3 heteroatoms. The van der Waals surface area contributed by atoms with Crippen LogP contribution >= 0.6 is 0 Å². The minimum Gasteiger partial charge on any atom is -0.457 e. The van der Waals surface area contributed by atoms with Gasteiger partial charge in [0.15, 0.2) is 6.20 Å². The molecule has 4 rings (SSSR count). The molecule has 0 saturated heterocycles. The summed E-state index contributed by atoms with van der Waals surface area (Å²) in [4.78, 5) is 12.6. The number of esters is 1. The van der Waals surface area contributed by atoms with Crippen molar-refractivity contribution in [1.29, 1.82) is 0 Å². The summed E-state index contributed by atoms with van der Waals surface area (Å²) in [5, 5.41) is 1.14. The minimum absolute atomic E-state index is 0.0642. The average Bonchev–Trinajstić information content (AvgIpc) is 2.88. The van der Waals surface area contributed by atoms with Gasteiger partial charge in [0, 0.05) is 22.9 Å². The second kappa shape index (κ2) is 5.30. The molecule has 0 aliphatic heterocycles. The fraction of sp³-hybridized carbons (Fsp3) is 0.524. The van der Waals surface area contributed by atoms with Gasteiger partial charge >= 0.3 is 5.97 Å². The van der Waals surface area contributed by atoms with Crippen molar-refractivity contribution < 1.29 is 14.1 Å². The van der Waals surface area contributed by atoms with Gasteiger partial charge in [-0.3, -0.25) is 0 Å². The SMILES string of the molecule is CC1(C)C2CCC1(C)C(OC(=O)C[n+]1cccc3ccccc31)C2. The van der Waals surface area contributed by atoms with E-state index in [4.69, 9.17) is 4.74 Å². The Morgan fingerprint density at radius 2 is 1.96 bits per heavy atom. The van der Waals surface area contributed by atoms with Gasteiger partial charge in [0.25, 0.3) is 0 Å². The first-order valence-corrected chi connectivity index (χ1v) is 8.98. The van der Waals surface area contributed by atoms with E-state index in [0.29, 0.717) is 5.92 Å². The summed E-state index contributed by atoms with van der Waals surface area (Å²) < 4.78 is 7.96. The second-order valence-corrected chi connectivity index (χ2v) is 8.28. The first kappa shape index (κ1) is 15.6. The maximum Gasteiger partial charge on any atom is 0.372 e. The Hall–Kier alpha value is -1.90. The predicted molar refractivity (Wildman–Crippen MR) is 93.3 cm³/mol. The lowest BCUT2D eigenvalue weighted by atomic mass is 9.70. The summed E-state index contributed by atoms with van der Waals surface area (Å²) in [5.41, 5.74) is 1.46. The van der Waals surface area contributed by atoms with Crippen molar-refractivity contribution in [3.05, 3.63) is 42.6 Å². The third-order valence-electron chi connectivity index (χ3n) is 7.08. The molecule has 1 aromatic heterocycles. The molecule has 0 spiro atoms. The number of benzene rings is 1. The first-order valence-electron chi connectivity index (χ1n) is 8.98. The van der Waals surface area contributed by atoms with Crippen molar-refractivity contribution in [3.8, 4) is 0 Å². The zero-order valence-electron chi connectivity index (χ0n) is 14.8. The van der Waals surface area contributed by atoms with Crippen molar-refractivity contribution in [2.24, 2.45) is 16.7 Å². The monoisotopic (exact) mass is 324 g/mol. The van der Waals surface area contributed by atoms with Crippen LogP contribution in [0, 0.1) is 16.7 Å². The van der Waals surface area contributed by atoms with E-state index < -0.39 is 0 Å². The van der Waals surface area contributed by atoms with E-state index in [1.54, 1.807) is 0 Å². The fourth-order valence-corrected chi connectivity index (χ4v) is 5.00. The van der Waals surface area contributed by atoms with Crippen LogP contribution in [0.25, 0.3) is 10.9 Å². The number of para-hydroxylation sites is 1. The van der Waals surface area contributed by atoms with Gasteiger partial charge in [0.2, 0.25) is 12.1 Å². The number of nitrogens with zero attached hydrogens (tertiary/aromatic N) is 1. The number of pyridine rings is 1. The van der Waals surface area contributed by atoms with Gasteiger partial charge in [-0.2, -0.15) is 4.57 Å². The Balaban J connectivity index is 1.52. The average molecular weight is 324 g/mol. The van der Waals surface area contributed by atoms with E-state index in [9.17, 15) is 4.79 Å². The molecule has 0 N–H and O–H groups in total. The summed E-state index contributed by atoms with van der Waals surface area (Å²) in [6.07, 6.45) is 5.49. The van der Waals surface area contributed by atoms with Crippen molar-refractivity contribution in [2.45, 2.75) is 52.7 Å². The highest BCUT2D eigenvalue weighted by atomic mass is 16.5. The Bertz CT molecular complexity index is 792. The van der Waals surface area contributed by atoms with Gasteiger partial charge in [-0.05, 0) is 42.7 Å². The summed E-state index contributed by atoms with van der Waals surface area (Å²) >= 11 is 0. The van der Waals surface area contributed by atoms with Crippen LogP contribution in [0.1, 0.15) is 40.0 Å². The quantitative estimate of drug-likeness (QED) is 0.633. The molecule has 3 atom stereocenters. The lowest BCUT2D eigenvalue weighted by Gasteiger charge is -2.38. The van der Waals surface area contributed by atoms with E-state index in [2.05, 4.69) is 32.9 Å². The number of carbonyl (C=O) groups excluding carboxylic acids is 1. The van der Waals surface area contributed by atoms with Gasteiger partial charge in [-0.25, -0.2) is 4.79 Å². The molecule has 126 valence electrons. The Kier molecular flexibility index (Phi) is 3.45. The van der Waals surface area contributed by atoms with Crippen LogP contribution in [0.5, 0.6) is 0 Å². The molecule has 2 fully saturated rings. The van der Waals surface area contributed by atoms with E-state index in [1.165, 1.54) is 12.8 Å². The van der Waals surface area contributed by atoms with Crippen LogP contribution in [-0.4, -0.2) is 12.1 Å². The molecule has 2 aromatic rings. The molecule has 1 heterocycles. The fourth-order valence-electron chi connectivity index (χ4n) is 5.00. The maximum atomic E-state index is 12.6. The zero-order chi connectivity index (χ0) is 16.9. The van der Waals surface area contributed by atoms with Crippen LogP contribution < -0.4 is 4.57 Å². The normalized spacial score (nSPS) is 30.6. The standard InChI is InChI=1S/C21H26NO2/c1-20(2)16-10-11-21(20,3)18(13-16)24-19(23)14-22-12-6-8-15-7-4-5-9-17(15)22/h4-9,12,16,18H,10-11,13-14H2,1-3H3/q+1. The molecule has 24 heavy (non-hydrogen) atoms. The van der Waals surface area contributed by atoms with Crippen molar-refractivity contribution >= 4 is 16.9 Å². The molecular formula is C21H26NO2+. The smallest absolute Gasteiger partial charge is 0.372 e. The van der Waals surface area contributed by atoms with Gasteiger partial charge < -0.3 is 4.74 Å². The summed E-state index contributed by atoms with van der Waals surface area (Å²) in [6.45, 7) is 7.28. The maximum absolute atomic E-state index is 12.6. The topological polar surface area (TPSA) is 30.2 Å². The molecular weight excluding hydrogens is 298 g/mol. The third-order valence-corrected chi connectivity index (χ3v) is 7.08. The van der Waals surface area contributed by atoms with E-state index in [1.807, 2.05) is 35.0 Å². The molecule has 3 nitrogen and oxygen atoms in total. The van der Waals surface area contributed by atoms with E-state index in [-0.39, 0.29) is 29.4 Å². The van der Waals surface area contributed by atoms with Crippen molar-refractivity contribution in [3.63, 3.8) is 0 Å². The zero-order valence-corrected chi connectivity index (χ0v) is 14.8. The second-order valence-electron chi connectivity index (χ2n) is 8.28. The van der Waals surface area contributed by atoms with Crippen LogP contribution in [0.3, 0.4) is 0 Å². The van der Waals surface area contributed by atoms with Crippen LogP contribution in [0.15, 0.2) is 42.6 Å². The van der Waals surface area contributed by atoms with Gasteiger partial charge in [0.1, 0.15) is 6.10 Å². The number of aromatic nitrogens is 1. The van der Waals surface area contributed by atoms with Crippen LogP contribution in [0.4, 0.5) is 0 Å². The summed E-state index contributed by atoms with van der Waals surface area (Å²) in [6, 6.07) is 12.2. The molecule has 2 aliphatic rings. The van der Waals surface area contributed by atoms with Gasteiger partial charge in [-0.15, -0.1) is 0 Å².